The number of carbonyl (C=O) groups is 3. The molecule has 10 heteroatoms. The SMILES string of the molecule is CC(=O)Nc1c(O)nc(SC(C)C(=O)Nc2ccc(C(C)=O)cc2)[nH]c1=O. The highest BCUT2D eigenvalue weighted by molar-refractivity contribution is 8.00. The Morgan fingerprint density at radius 1 is 1.15 bits per heavy atom. The van der Waals surface area contributed by atoms with Crippen molar-refractivity contribution in [2.45, 2.75) is 31.2 Å². The molecule has 0 aliphatic heterocycles. The Kier molecular flexibility index (Phi) is 6.35. The van der Waals surface area contributed by atoms with Crippen molar-refractivity contribution in [3.8, 4) is 5.88 Å². The molecular formula is C17H18N4O5S. The number of aromatic nitrogens is 2. The molecule has 142 valence electrons. The summed E-state index contributed by atoms with van der Waals surface area (Å²) < 4.78 is 0. The van der Waals surface area contributed by atoms with Gasteiger partial charge in [0.15, 0.2) is 16.6 Å². The molecule has 2 rings (SSSR count). The quantitative estimate of drug-likeness (QED) is 0.334. The molecule has 1 heterocycles. The molecule has 0 saturated heterocycles. The van der Waals surface area contributed by atoms with E-state index in [0.29, 0.717) is 11.3 Å². The summed E-state index contributed by atoms with van der Waals surface area (Å²) >= 11 is 0.929. The fourth-order valence-electron chi connectivity index (χ4n) is 2.04. The molecule has 9 nitrogen and oxygen atoms in total. The maximum atomic E-state index is 12.3. The highest BCUT2D eigenvalue weighted by Gasteiger charge is 2.19. The molecule has 27 heavy (non-hydrogen) atoms. The van der Waals surface area contributed by atoms with Gasteiger partial charge >= 0.3 is 0 Å². The first-order valence-electron chi connectivity index (χ1n) is 7.86. The van der Waals surface area contributed by atoms with Gasteiger partial charge in [-0.05, 0) is 38.1 Å². The fraction of sp³-hybridized carbons (Fsp3) is 0.235. The van der Waals surface area contributed by atoms with Crippen LogP contribution in [-0.2, 0) is 9.59 Å². The van der Waals surface area contributed by atoms with Crippen LogP contribution < -0.4 is 16.2 Å². The lowest BCUT2D eigenvalue weighted by Crippen LogP contribution is -2.24. The van der Waals surface area contributed by atoms with E-state index >= 15 is 0 Å². The molecule has 0 fully saturated rings. The summed E-state index contributed by atoms with van der Waals surface area (Å²) in [6.07, 6.45) is 0. The van der Waals surface area contributed by atoms with Crippen LogP contribution in [0.25, 0.3) is 0 Å². The van der Waals surface area contributed by atoms with Crippen LogP contribution in [0.5, 0.6) is 5.88 Å². The van der Waals surface area contributed by atoms with Gasteiger partial charge in [-0.25, -0.2) is 0 Å². The number of anilines is 2. The Bertz CT molecular complexity index is 939. The molecule has 4 N–H and O–H groups in total. The van der Waals surface area contributed by atoms with E-state index in [1.54, 1.807) is 31.2 Å². The normalized spacial score (nSPS) is 11.5. The number of aromatic amines is 1. The number of ketones is 1. The van der Waals surface area contributed by atoms with Crippen molar-refractivity contribution < 1.29 is 19.5 Å². The number of nitrogens with one attached hydrogen (secondary N) is 3. The third-order valence-electron chi connectivity index (χ3n) is 3.40. The van der Waals surface area contributed by atoms with E-state index < -0.39 is 22.6 Å². The summed E-state index contributed by atoms with van der Waals surface area (Å²) in [6.45, 7) is 4.24. The topological polar surface area (TPSA) is 141 Å². The van der Waals surface area contributed by atoms with Gasteiger partial charge < -0.3 is 15.7 Å². The minimum absolute atomic E-state index is 0.0289. The predicted octanol–water partition coefficient (Wildman–Crippen LogP) is 1.76. The Morgan fingerprint density at radius 2 is 1.78 bits per heavy atom. The second-order valence-corrected chi connectivity index (χ2v) is 6.96. The molecule has 0 aliphatic rings. The second kappa shape index (κ2) is 8.49. The van der Waals surface area contributed by atoms with Crippen LogP contribution in [0, 0.1) is 0 Å². The van der Waals surface area contributed by atoms with E-state index in [4.69, 9.17) is 0 Å². The van der Waals surface area contributed by atoms with Crippen molar-refractivity contribution in [1.29, 1.82) is 0 Å². The zero-order chi connectivity index (χ0) is 20.1. The van der Waals surface area contributed by atoms with Crippen LogP contribution in [0.2, 0.25) is 0 Å². The van der Waals surface area contributed by atoms with Gasteiger partial charge in [0.25, 0.3) is 5.56 Å². The third-order valence-corrected chi connectivity index (χ3v) is 4.38. The minimum atomic E-state index is -0.729. The van der Waals surface area contributed by atoms with E-state index in [1.165, 1.54) is 13.8 Å². The molecule has 0 radical (unpaired) electrons. The first-order chi connectivity index (χ1) is 12.7. The van der Waals surface area contributed by atoms with Gasteiger partial charge in [-0.3, -0.25) is 24.2 Å². The maximum Gasteiger partial charge on any atom is 0.279 e. The van der Waals surface area contributed by atoms with Gasteiger partial charge in [0.05, 0.1) is 5.25 Å². The smallest absolute Gasteiger partial charge is 0.279 e. The first kappa shape index (κ1) is 20.2. The summed E-state index contributed by atoms with van der Waals surface area (Å²) in [5.74, 6) is -1.59. The van der Waals surface area contributed by atoms with Crippen LogP contribution in [-0.4, -0.2) is 37.9 Å². The summed E-state index contributed by atoms with van der Waals surface area (Å²) in [4.78, 5) is 52.6. The predicted molar refractivity (Wildman–Crippen MR) is 101 cm³/mol. The van der Waals surface area contributed by atoms with Crippen LogP contribution >= 0.6 is 11.8 Å². The Hall–Kier alpha value is -3.14. The summed E-state index contributed by atoms with van der Waals surface area (Å²) in [5, 5.41) is 14.0. The Balaban J connectivity index is 2.06. The van der Waals surface area contributed by atoms with Crippen molar-refractivity contribution in [3.63, 3.8) is 0 Å². The standard InChI is InChI=1S/C17H18N4O5S/c1-8(22)11-4-6-12(7-5-11)19-14(24)9(2)27-17-20-15(25)13(16(26)21-17)18-10(3)23/h4-7,9H,1-3H3,(H,18,23)(H,19,24)(H2,20,21,25,26). The minimum Gasteiger partial charge on any atom is -0.492 e. The summed E-state index contributed by atoms with van der Waals surface area (Å²) in [5.41, 5.74) is -0.0307. The number of H-pyrrole nitrogens is 1. The number of amides is 2. The lowest BCUT2D eigenvalue weighted by atomic mass is 10.1. The monoisotopic (exact) mass is 390 g/mol. The van der Waals surface area contributed by atoms with E-state index in [2.05, 4.69) is 20.6 Å². The van der Waals surface area contributed by atoms with E-state index in [-0.39, 0.29) is 22.5 Å². The zero-order valence-corrected chi connectivity index (χ0v) is 15.6. The van der Waals surface area contributed by atoms with E-state index in [0.717, 1.165) is 11.8 Å². The lowest BCUT2D eigenvalue weighted by Gasteiger charge is -2.12. The molecule has 1 aromatic heterocycles. The van der Waals surface area contributed by atoms with Crippen LogP contribution in [0.4, 0.5) is 11.4 Å². The van der Waals surface area contributed by atoms with E-state index in [1.807, 2.05) is 0 Å². The fourth-order valence-corrected chi connectivity index (χ4v) is 2.83. The van der Waals surface area contributed by atoms with Crippen molar-refractivity contribution in [1.82, 2.24) is 9.97 Å². The largest absolute Gasteiger partial charge is 0.492 e. The van der Waals surface area contributed by atoms with E-state index in [9.17, 15) is 24.3 Å². The van der Waals surface area contributed by atoms with Gasteiger partial charge in [-0.1, -0.05) is 11.8 Å². The summed E-state index contributed by atoms with van der Waals surface area (Å²) in [7, 11) is 0. The molecule has 0 spiro atoms. The Morgan fingerprint density at radius 3 is 2.30 bits per heavy atom. The first-order valence-corrected chi connectivity index (χ1v) is 8.74. The summed E-state index contributed by atoms with van der Waals surface area (Å²) in [6, 6.07) is 6.43. The number of thioether (sulfide) groups is 1. The number of hydrogen-bond acceptors (Lipinski definition) is 7. The Labute approximate surface area is 158 Å². The van der Waals surface area contributed by atoms with Crippen LogP contribution in [0.3, 0.4) is 0 Å². The molecular weight excluding hydrogens is 372 g/mol. The van der Waals surface area contributed by atoms with Crippen molar-refractivity contribution >= 4 is 40.7 Å². The molecule has 2 aromatic rings. The molecule has 1 aromatic carbocycles. The molecule has 1 atom stereocenters. The lowest BCUT2D eigenvalue weighted by molar-refractivity contribution is -0.115. The number of benzene rings is 1. The highest BCUT2D eigenvalue weighted by Crippen LogP contribution is 2.24. The number of Topliss-reactive ketones (excluding diaryl/α,β-unsaturated/α-hetero) is 1. The average molecular weight is 390 g/mol. The maximum absolute atomic E-state index is 12.3. The van der Waals surface area contributed by atoms with Gasteiger partial charge in [0.2, 0.25) is 17.7 Å². The average Bonchev–Trinajstić information content (AvgIpc) is 2.58. The highest BCUT2D eigenvalue weighted by atomic mass is 32.2. The molecule has 0 bridgehead atoms. The van der Waals surface area contributed by atoms with Crippen LogP contribution in [0.15, 0.2) is 34.2 Å². The molecule has 0 saturated carbocycles. The number of rotatable bonds is 6. The van der Waals surface area contributed by atoms with Gasteiger partial charge in [0.1, 0.15) is 0 Å². The molecule has 2 amide bonds. The molecule has 1 unspecified atom stereocenters. The third kappa shape index (κ3) is 5.42. The second-order valence-electron chi connectivity index (χ2n) is 5.63. The van der Waals surface area contributed by atoms with Gasteiger partial charge in [0, 0.05) is 18.2 Å². The van der Waals surface area contributed by atoms with Gasteiger partial charge in [-0.15, -0.1) is 0 Å². The number of aromatic hydroxyl groups is 1. The number of carbonyl (C=O) groups excluding carboxylic acids is 3. The van der Waals surface area contributed by atoms with Crippen LogP contribution in [0.1, 0.15) is 31.1 Å². The van der Waals surface area contributed by atoms with Crippen molar-refractivity contribution in [3.05, 3.63) is 40.2 Å². The number of nitrogens with zero attached hydrogens (tertiary/aromatic N) is 1. The zero-order valence-electron chi connectivity index (χ0n) is 14.8. The van der Waals surface area contributed by atoms with Crippen molar-refractivity contribution in [2.24, 2.45) is 0 Å². The van der Waals surface area contributed by atoms with Crippen molar-refractivity contribution in [2.75, 3.05) is 10.6 Å². The van der Waals surface area contributed by atoms with Gasteiger partial charge in [-0.2, -0.15) is 4.98 Å². The number of hydrogen-bond donors (Lipinski definition) is 4. The molecule has 0 aliphatic carbocycles.